The summed E-state index contributed by atoms with van der Waals surface area (Å²) in [7, 11) is 0. The quantitative estimate of drug-likeness (QED) is 0.647. The van der Waals surface area contributed by atoms with Crippen LogP contribution in [0.15, 0.2) is 28.6 Å². The second-order valence-corrected chi connectivity index (χ2v) is 6.53. The number of ether oxygens (including phenoxy) is 1. The zero-order chi connectivity index (χ0) is 15.4. The number of rotatable bonds is 6. The first kappa shape index (κ1) is 15.6. The topological polar surface area (TPSA) is 78.1 Å². The highest BCUT2D eigenvalue weighted by Crippen LogP contribution is 2.29. The van der Waals surface area contributed by atoms with Crippen molar-refractivity contribution >= 4 is 34.0 Å². The number of Topliss-reactive ketones (excluding diaryl/α,β-unsaturated/α-hetero) is 1. The predicted molar refractivity (Wildman–Crippen MR) is 77.0 cm³/mol. The molecule has 2 N–H and O–H groups in total. The molecule has 0 amide bonds. The number of hydrogen-bond acceptors (Lipinski definition) is 7. The Hall–Kier alpha value is -1.74. The Kier molecular flexibility index (Phi) is 5.07. The largest absolute Gasteiger partial charge is 0.435 e. The van der Waals surface area contributed by atoms with E-state index in [0.717, 1.165) is 0 Å². The lowest BCUT2D eigenvalue weighted by Crippen LogP contribution is -2.13. The minimum atomic E-state index is -2.89. The summed E-state index contributed by atoms with van der Waals surface area (Å²) in [4.78, 5) is 12.2. The molecule has 21 heavy (non-hydrogen) atoms. The Morgan fingerprint density at radius 3 is 2.52 bits per heavy atom. The molecule has 1 aromatic heterocycles. The zero-order valence-electron chi connectivity index (χ0n) is 10.8. The fraction of sp³-hybridized carbons (Fsp3) is 0.250. The molecular formula is C12H11F2N3O2S2. The van der Waals surface area contributed by atoms with Gasteiger partial charge in [0.05, 0.1) is 5.25 Å². The van der Waals surface area contributed by atoms with Crippen LogP contribution in [0.2, 0.25) is 0 Å². The average molecular weight is 331 g/mol. The van der Waals surface area contributed by atoms with E-state index >= 15 is 0 Å². The second-order valence-electron chi connectivity index (χ2n) is 3.93. The van der Waals surface area contributed by atoms with E-state index in [4.69, 9.17) is 5.73 Å². The number of halogens is 2. The molecule has 9 heteroatoms. The van der Waals surface area contributed by atoms with Gasteiger partial charge in [0.25, 0.3) is 0 Å². The Morgan fingerprint density at radius 2 is 2.00 bits per heavy atom. The molecule has 0 aliphatic rings. The van der Waals surface area contributed by atoms with Gasteiger partial charge in [0.2, 0.25) is 5.13 Å². The van der Waals surface area contributed by atoms with Gasteiger partial charge in [-0.3, -0.25) is 4.79 Å². The SMILES string of the molecule is C[C@H](Sc1nnc(N)s1)C(=O)c1ccc(OC(F)F)cc1. The van der Waals surface area contributed by atoms with Crippen molar-refractivity contribution in [1.82, 2.24) is 10.2 Å². The molecule has 0 saturated carbocycles. The van der Waals surface area contributed by atoms with Crippen LogP contribution in [0.5, 0.6) is 5.75 Å². The van der Waals surface area contributed by atoms with E-state index < -0.39 is 6.61 Å². The number of carbonyl (C=O) groups is 1. The lowest BCUT2D eigenvalue weighted by molar-refractivity contribution is -0.0498. The molecule has 1 atom stereocenters. The van der Waals surface area contributed by atoms with Gasteiger partial charge in [-0.25, -0.2) is 0 Å². The minimum absolute atomic E-state index is 0.0127. The van der Waals surface area contributed by atoms with Gasteiger partial charge in [0.15, 0.2) is 10.1 Å². The van der Waals surface area contributed by atoms with E-state index in [1.54, 1.807) is 6.92 Å². The fourth-order valence-electron chi connectivity index (χ4n) is 1.51. The van der Waals surface area contributed by atoms with Gasteiger partial charge in [-0.05, 0) is 31.2 Å². The third-order valence-corrected chi connectivity index (χ3v) is 4.37. The van der Waals surface area contributed by atoms with Crippen molar-refractivity contribution in [2.75, 3.05) is 5.73 Å². The molecule has 0 radical (unpaired) electrons. The van der Waals surface area contributed by atoms with Crippen molar-refractivity contribution in [2.45, 2.75) is 23.1 Å². The Balaban J connectivity index is 2.01. The number of aromatic nitrogens is 2. The molecule has 1 heterocycles. The third kappa shape index (κ3) is 4.36. The van der Waals surface area contributed by atoms with Crippen molar-refractivity contribution in [3.8, 4) is 5.75 Å². The Labute approximate surface area is 127 Å². The van der Waals surface area contributed by atoms with E-state index in [2.05, 4.69) is 14.9 Å². The number of anilines is 1. The van der Waals surface area contributed by atoms with Crippen molar-refractivity contribution < 1.29 is 18.3 Å². The molecule has 0 fully saturated rings. The van der Waals surface area contributed by atoms with Crippen LogP contribution >= 0.6 is 23.1 Å². The van der Waals surface area contributed by atoms with Crippen LogP contribution in [0.4, 0.5) is 13.9 Å². The van der Waals surface area contributed by atoms with E-state index in [0.29, 0.717) is 15.0 Å². The summed E-state index contributed by atoms with van der Waals surface area (Å²) in [6, 6.07) is 5.57. The molecule has 2 aromatic rings. The molecule has 5 nitrogen and oxygen atoms in total. The van der Waals surface area contributed by atoms with Crippen LogP contribution in [-0.4, -0.2) is 27.8 Å². The highest BCUT2D eigenvalue weighted by atomic mass is 32.2. The van der Waals surface area contributed by atoms with Crippen LogP contribution in [0, 0.1) is 0 Å². The molecule has 0 unspecified atom stereocenters. The van der Waals surface area contributed by atoms with Crippen LogP contribution in [0.1, 0.15) is 17.3 Å². The van der Waals surface area contributed by atoms with Gasteiger partial charge >= 0.3 is 6.61 Å². The number of nitrogens with two attached hydrogens (primary N) is 1. The zero-order valence-corrected chi connectivity index (χ0v) is 12.5. The molecule has 2 rings (SSSR count). The summed E-state index contributed by atoms with van der Waals surface area (Å²) in [5, 5.41) is 7.45. The van der Waals surface area contributed by atoms with E-state index in [9.17, 15) is 13.6 Å². The Morgan fingerprint density at radius 1 is 1.33 bits per heavy atom. The number of hydrogen-bond donors (Lipinski definition) is 1. The van der Waals surface area contributed by atoms with Crippen LogP contribution in [0.3, 0.4) is 0 Å². The van der Waals surface area contributed by atoms with Gasteiger partial charge < -0.3 is 10.5 Å². The molecule has 112 valence electrons. The van der Waals surface area contributed by atoms with Gasteiger partial charge in [-0.1, -0.05) is 23.1 Å². The number of nitrogens with zero attached hydrogens (tertiary/aromatic N) is 2. The summed E-state index contributed by atoms with van der Waals surface area (Å²) in [5.41, 5.74) is 5.88. The minimum Gasteiger partial charge on any atom is -0.435 e. The number of carbonyl (C=O) groups excluding carboxylic acids is 1. The standard InChI is InChI=1S/C12H11F2N3O2S2/c1-6(20-12-17-16-11(15)21-12)9(18)7-2-4-8(5-3-7)19-10(13)14/h2-6,10H,1H3,(H2,15,16)/t6-/m0/s1. The number of ketones is 1. The van der Waals surface area contributed by atoms with E-state index in [-0.39, 0.29) is 16.8 Å². The summed E-state index contributed by atoms with van der Waals surface area (Å²) in [6.45, 7) is -1.15. The van der Waals surface area contributed by atoms with Gasteiger partial charge in [0, 0.05) is 5.56 Å². The summed E-state index contributed by atoms with van der Waals surface area (Å²) >= 11 is 2.45. The lowest BCUT2D eigenvalue weighted by Gasteiger charge is -2.09. The first-order chi connectivity index (χ1) is 9.95. The maximum Gasteiger partial charge on any atom is 0.387 e. The number of nitrogen functional groups attached to an aromatic ring is 1. The van der Waals surface area contributed by atoms with Crippen LogP contribution in [-0.2, 0) is 0 Å². The molecule has 0 spiro atoms. The van der Waals surface area contributed by atoms with Crippen LogP contribution < -0.4 is 10.5 Å². The average Bonchev–Trinajstić information content (AvgIpc) is 2.83. The summed E-state index contributed by atoms with van der Waals surface area (Å²) in [5.74, 6) is -0.129. The van der Waals surface area contributed by atoms with Crippen LogP contribution in [0.25, 0.3) is 0 Å². The predicted octanol–water partition coefficient (Wildman–Crippen LogP) is 3.09. The number of benzene rings is 1. The van der Waals surface area contributed by atoms with E-state index in [1.165, 1.54) is 47.4 Å². The lowest BCUT2D eigenvalue weighted by atomic mass is 10.1. The molecule has 0 bridgehead atoms. The summed E-state index contributed by atoms with van der Waals surface area (Å²) in [6.07, 6.45) is 0. The van der Waals surface area contributed by atoms with Gasteiger partial charge in [0.1, 0.15) is 5.75 Å². The van der Waals surface area contributed by atoms with E-state index in [1.807, 2.05) is 0 Å². The van der Waals surface area contributed by atoms with Crippen molar-refractivity contribution in [2.24, 2.45) is 0 Å². The normalized spacial score (nSPS) is 12.4. The highest BCUT2D eigenvalue weighted by Gasteiger charge is 2.18. The number of thioether (sulfide) groups is 1. The number of alkyl halides is 2. The monoisotopic (exact) mass is 331 g/mol. The fourth-order valence-corrected chi connectivity index (χ4v) is 3.37. The van der Waals surface area contributed by atoms with Crippen molar-refractivity contribution in [3.63, 3.8) is 0 Å². The Bertz CT molecular complexity index is 619. The smallest absolute Gasteiger partial charge is 0.387 e. The molecule has 0 aliphatic carbocycles. The highest BCUT2D eigenvalue weighted by molar-refractivity contribution is 8.02. The maximum atomic E-state index is 12.2. The van der Waals surface area contributed by atoms with Gasteiger partial charge in [-0.15, -0.1) is 10.2 Å². The van der Waals surface area contributed by atoms with Crippen molar-refractivity contribution in [1.29, 1.82) is 0 Å². The second kappa shape index (κ2) is 6.81. The van der Waals surface area contributed by atoms with Crippen molar-refractivity contribution in [3.05, 3.63) is 29.8 Å². The molecular weight excluding hydrogens is 320 g/mol. The first-order valence-corrected chi connectivity index (χ1v) is 7.50. The third-order valence-electron chi connectivity index (χ3n) is 2.43. The summed E-state index contributed by atoms with van der Waals surface area (Å²) < 4.78 is 28.9. The van der Waals surface area contributed by atoms with Gasteiger partial charge in [-0.2, -0.15) is 8.78 Å². The molecule has 1 aromatic carbocycles. The maximum absolute atomic E-state index is 12.2. The first-order valence-electron chi connectivity index (χ1n) is 5.80. The molecule has 0 saturated heterocycles. The molecule has 0 aliphatic heterocycles.